The highest BCUT2D eigenvalue weighted by atomic mass is 16.7. The second kappa shape index (κ2) is 8.93. The van der Waals surface area contributed by atoms with Gasteiger partial charge in [-0.05, 0) is 12.8 Å². The van der Waals surface area contributed by atoms with Crippen LogP contribution in [0.3, 0.4) is 0 Å². The van der Waals surface area contributed by atoms with Crippen molar-refractivity contribution in [2.45, 2.75) is 55.6 Å². The molecule has 21 heavy (non-hydrogen) atoms. The first-order valence-electron chi connectivity index (χ1n) is 7.11. The maximum absolute atomic E-state index is 9.89. The summed E-state index contributed by atoms with van der Waals surface area (Å²) in [5.41, 5.74) is 22.8. The minimum atomic E-state index is -1.25. The lowest BCUT2D eigenvalue weighted by atomic mass is 10.0. The summed E-state index contributed by atoms with van der Waals surface area (Å²) in [4.78, 5) is 0. The fraction of sp³-hybridized carbons (Fsp3) is 1.00. The van der Waals surface area contributed by atoms with Gasteiger partial charge >= 0.3 is 0 Å². The molecule has 0 amide bonds. The third-order valence-electron chi connectivity index (χ3n) is 3.68. The Morgan fingerprint density at radius 3 is 2.48 bits per heavy atom. The summed E-state index contributed by atoms with van der Waals surface area (Å²) in [6.07, 6.45) is -1.70. The van der Waals surface area contributed by atoms with Crippen LogP contribution in [0.4, 0.5) is 0 Å². The monoisotopic (exact) mass is 308 g/mol. The van der Waals surface area contributed by atoms with Gasteiger partial charge in [0, 0.05) is 6.54 Å². The number of rotatable bonds is 8. The number of aliphatic hydroxyl groups excluding tert-OH is 3. The van der Waals surface area contributed by atoms with Crippen molar-refractivity contribution in [1.29, 1.82) is 0 Å². The molecule has 9 heteroatoms. The molecule has 1 saturated heterocycles. The van der Waals surface area contributed by atoms with Crippen molar-refractivity contribution in [2.75, 3.05) is 19.8 Å². The van der Waals surface area contributed by atoms with Crippen molar-refractivity contribution in [3.05, 3.63) is 0 Å². The van der Waals surface area contributed by atoms with Crippen LogP contribution in [0.1, 0.15) is 12.8 Å². The van der Waals surface area contributed by atoms with Gasteiger partial charge in [-0.15, -0.1) is 0 Å². The van der Waals surface area contributed by atoms with Gasteiger partial charge < -0.3 is 47.7 Å². The van der Waals surface area contributed by atoms with Crippen molar-refractivity contribution < 1.29 is 24.8 Å². The summed E-state index contributed by atoms with van der Waals surface area (Å²) in [7, 11) is 0. The fourth-order valence-electron chi connectivity index (χ4n) is 2.15. The first kappa shape index (κ1) is 18.7. The molecule has 0 aliphatic carbocycles. The zero-order valence-corrected chi connectivity index (χ0v) is 12.0. The summed E-state index contributed by atoms with van der Waals surface area (Å²) in [6, 6.07) is -2.18. The predicted octanol–water partition coefficient (Wildman–Crippen LogP) is -3.84. The highest BCUT2D eigenvalue weighted by molar-refractivity contribution is 4.87. The van der Waals surface area contributed by atoms with E-state index in [0.717, 1.165) is 12.8 Å². The molecule has 0 aromatic rings. The molecule has 0 aromatic heterocycles. The van der Waals surface area contributed by atoms with E-state index in [0.29, 0.717) is 6.54 Å². The molecule has 0 aromatic carbocycles. The molecule has 1 fully saturated rings. The fourth-order valence-corrected chi connectivity index (χ4v) is 2.15. The maximum Gasteiger partial charge on any atom is 0.173 e. The molecule has 1 rings (SSSR count). The Labute approximate surface area is 124 Å². The van der Waals surface area contributed by atoms with Gasteiger partial charge in [-0.2, -0.15) is 0 Å². The lowest BCUT2D eigenvalue weighted by molar-refractivity contribution is -0.204. The second-order valence-electron chi connectivity index (χ2n) is 5.42. The highest BCUT2D eigenvalue weighted by Crippen LogP contribution is 2.19. The normalized spacial score (nSPS) is 32.4. The lowest BCUT2D eigenvalue weighted by Gasteiger charge is -2.35. The molecule has 1 aliphatic heterocycles. The van der Waals surface area contributed by atoms with Crippen molar-refractivity contribution >= 4 is 0 Å². The molecule has 0 saturated carbocycles. The first-order valence-corrected chi connectivity index (χ1v) is 7.11. The topological polar surface area (TPSA) is 183 Å². The van der Waals surface area contributed by atoms with E-state index < -0.39 is 37.2 Å². The van der Waals surface area contributed by atoms with Gasteiger partial charge in [0.15, 0.2) is 6.29 Å². The predicted molar refractivity (Wildman–Crippen MR) is 75.9 cm³/mol. The van der Waals surface area contributed by atoms with Crippen LogP contribution in [-0.2, 0) is 9.47 Å². The van der Waals surface area contributed by atoms with Crippen LogP contribution in [0.5, 0.6) is 0 Å². The van der Waals surface area contributed by atoms with E-state index in [1.165, 1.54) is 0 Å². The largest absolute Gasteiger partial charge is 0.394 e. The van der Waals surface area contributed by atoms with E-state index >= 15 is 0 Å². The zero-order valence-electron chi connectivity index (χ0n) is 12.0. The van der Waals surface area contributed by atoms with Gasteiger partial charge in [-0.25, -0.2) is 0 Å². The summed E-state index contributed by atoms with van der Waals surface area (Å²) in [6.45, 7) is -0.210. The molecule has 4 unspecified atom stereocenters. The zero-order chi connectivity index (χ0) is 16.0. The molecule has 1 aliphatic rings. The lowest BCUT2D eigenvalue weighted by Crippen LogP contribution is -2.56. The van der Waals surface area contributed by atoms with Crippen molar-refractivity contribution in [2.24, 2.45) is 22.9 Å². The SMILES string of the molecule is NCC1CCC(N)[C@@H](OC[C@@H](N)C(O)C(N)[C@H](O)CO)O1. The van der Waals surface area contributed by atoms with Crippen LogP contribution in [0.15, 0.2) is 0 Å². The smallest absolute Gasteiger partial charge is 0.173 e. The summed E-state index contributed by atoms with van der Waals surface area (Å²) in [5.74, 6) is 0. The molecule has 11 N–H and O–H groups in total. The van der Waals surface area contributed by atoms with E-state index in [-0.39, 0.29) is 18.8 Å². The van der Waals surface area contributed by atoms with E-state index in [4.69, 9.17) is 37.5 Å². The van der Waals surface area contributed by atoms with Gasteiger partial charge in [0.25, 0.3) is 0 Å². The summed E-state index contributed by atoms with van der Waals surface area (Å²) >= 11 is 0. The molecule has 9 nitrogen and oxygen atoms in total. The van der Waals surface area contributed by atoms with Crippen LogP contribution >= 0.6 is 0 Å². The van der Waals surface area contributed by atoms with Gasteiger partial charge in [0.2, 0.25) is 0 Å². The van der Waals surface area contributed by atoms with Crippen LogP contribution in [0.25, 0.3) is 0 Å². The molecule has 0 bridgehead atoms. The standard InChI is InChI=1S/C12H28N4O5/c13-3-6-1-2-7(14)12(21-6)20-5-8(15)11(19)10(16)9(18)4-17/h6-12,17-19H,1-5,13-16H2/t6?,7?,8-,9-,10?,11?,12+/m1/s1. The third-order valence-corrected chi connectivity index (χ3v) is 3.68. The Morgan fingerprint density at radius 2 is 1.90 bits per heavy atom. The Bertz CT molecular complexity index is 299. The van der Waals surface area contributed by atoms with Crippen molar-refractivity contribution in [3.63, 3.8) is 0 Å². The van der Waals surface area contributed by atoms with E-state index in [1.54, 1.807) is 0 Å². The number of ether oxygens (including phenoxy) is 2. The average Bonchev–Trinajstić information content (AvgIpc) is 2.51. The van der Waals surface area contributed by atoms with Gasteiger partial charge in [0.1, 0.15) is 0 Å². The van der Waals surface area contributed by atoms with Crippen LogP contribution in [0, 0.1) is 0 Å². The summed E-state index contributed by atoms with van der Waals surface area (Å²) in [5, 5.41) is 28.1. The Hall–Kier alpha value is -0.360. The van der Waals surface area contributed by atoms with Crippen LogP contribution in [0.2, 0.25) is 0 Å². The Morgan fingerprint density at radius 1 is 1.24 bits per heavy atom. The Kier molecular flexibility index (Phi) is 7.95. The van der Waals surface area contributed by atoms with E-state index in [1.807, 2.05) is 0 Å². The maximum atomic E-state index is 9.89. The number of nitrogens with two attached hydrogens (primary N) is 4. The quantitative estimate of drug-likeness (QED) is 0.236. The average molecular weight is 308 g/mol. The van der Waals surface area contributed by atoms with Crippen LogP contribution in [-0.4, -0.2) is 77.8 Å². The van der Waals surface area contributed by atoms with Gasteiger partial charge in [0.05, 0.1) is 49.7 Å². The third kappa shape index (κ3) is 5.40. The van der Waals surface area contributed by atoms with E-state index in [2.05, 4.69) is 0 Å². The molecule has 1 heterocycles. The number of hydrogen-bond acceptors (Lipinski definition) is 9. The molecule has 0 spiro atoms. The van der Waals surface area contributed by atoms with Gasteiger partial charge in [-0.3, -0.25) is 0 Å². The first-order chi connectivity index (χ1) is 9.90. The second-order valence-corrected chi connectivity index (χ2v) is 5.42. The molecular weight excluding hydrogens is 280 g/mol. The molecule has 7 atom stereocenters. The van der Waals surface area contributed by atoms with Crippen molar-refractivity contribution in [3.8, 4) is 0 Å². The van der Waals surface area contributed by atoms with Crippen LogP contribution < -0.4 is 22.9 Å². The van der Waals surface area contributed by atoms with E-state index in [9.17, 15) is 10.2 Å². The minimum Gasteiger partial charge on any atom is -0.394 e. The molecular formula is C12H28N4O5. The number of aliphatic hydroxyl groups is 3. The van der Waals surface area contributed by atoms with Gasteiger partial charge in [-0.1, -0.05) is 0 Å². The Balaban J connectivity index is 2.42. The molecule has 126 valence electrons. The van der Waals surface area contributed by atoms with Crippen molar-refractivity contribution in [1.82, 2.24) is 0 Å². The minimum absolute atomic E-state index is 0.0390. The number of hydrogen-bond donors (Lipinski definition) is 7. The highest BCUT2D eigenvalue weighted by Gasteiger charge is 2.32. The summed E-state index contributed by atoms with van der Waals surface area (Å²) < 4.78 is 11.1. The molecule has 0 radical (unpaired) electrons.